The average molecular weight is 309 g/mol. The lowest BCUT2D eigenvalue weighted by molar-refractivity contribution is 0.0975. The van der Waals surface area contributed by atoms with Gasteiger partial charge in [-0.15, -0.1) is 11.8 Å². The summed E-state index contributed by atoms with van der Waals surface area (Å²) >= 11 is 4.50. The van der Waals surface area contributed by atoms with Crippen LogP contribution in [0.15, 0.2) is 23.1 Å². The molecule has 16 heavy (non-hydrogen) atoms. The number of thioether (sulfide) groups is 1. The van der Waals surface area contributed by atoms with Crippen molar-refractivity contribution in [2.45, 2.75) is 17.7 Å². The van der Waals surface area contributed by atoms with Gasteiger partial charge in [-0.05, 0) is 24.5 Å². The molecule has 0 aromatic heterocycles. The standard InChI is InChI=1S/C11H11BrF2OS/c1-16-7-2-3-8(10(15)4-5-12)9(6-7)11(13)14/h2-3,6,11H,4-5H2,1H3. The summed E-state index contributed by atoms with van der Waals surface area (Å²) in [5, 5.41) is 0.485. The molecule has 0 unspecified atom stereocenters. The molecule has 0 aliphatic rings. The molecule has 0 aliphatic heterocycles. The second kappa shape index (κ2) is 6.35. The van der Waals surface area contributed by atoms with E-state index in [-0.39, 0.29) is 23.3 Å². The van der Waals surface area contributed by atoms with Crippen molar-refractivity contribution >= 4 is 33.5 Å². The maximum absolute atomic E-state index is 12.8. The van der Waals surface area contributed by atoms with Gasteiger partial charge in [0.15, 0.2) is 5.78 Å². The van der Waals surface area contributed by atoms with Crippen LogP contribution in [0.5, 0.6) is 0 Å². The quantitative estimate of drug-likeness (QED) is 0.458. The molecule has 1 aromatic carbocycles. The van der Waals surface area contributed by atoms with Crippen LogP contribution < -0.4 is 0 Å². The Balaban J connectivity index is 3.12. The number of halogens is 3. The Hall–Kier alpha value is -0.420. The molecule has 5 heteroatoms. The van der Waals surface area contributed by atoms with Crippen molar-refractivity contribution in [3.63, 3.8) is 0 Å². The Morgan fingerprint density at radius 3 is 2.69 bits per heavy atom. The van der Waals surface area contributed by atoms with Crippen LogP contribution in [0.25, 0.3) is 0 Å². The van der Waals surface area contributed by atoms with Crippen molar-refractivity contribution in [3.05, 3.63) is 29.3 Å². The van der Waals surface area contributed by atoms with E-state index in [9.17, 15) is 13.6 Å². The first-order valence-corrected chi connectivity index (χ1v) is 7.00. The fourth-order valence-corrected chi connectivity index (χ4v) is 2.13. The first-order chi connectivity index (χ1) is 7.60. The molecule has 0 bridgehead atoms. The molecule has 0 radical (unpaired) electrons. The van der Waals surface area contributed by atoms with Crippen LogP contribution in [-0.2, 0) is 0 Å². The number of alkyl halides is 3. The van der Waals surface area contributed by atoms with E-state index >= 15 is 0 Å². The predicted octanol–water partition coefficient (Wildman–Crippen LogP) is 4.31. The van der Waals surface area contributed by atoms with Crippen LogP contribution >= 0.6 is 27.7 Å². The minimum absolute atomic E-state index is 0.132. The predicted molar refractivity (Wildman–Crippen MR) is 65.9 cm³/mol. The molecule has 0 amide bonds. The minimum atomic E-state index is -2.61. The van der Waals surface area contributed by atoms with E-state index in [1.807, 2.05) is 6.26 Å². The molecule has 0 aliphatic carbocycles. The Kier molecular flexibility index (Phi) is 5.41. The zero-order valence-corrected chi connectivity index (χ0v) is 11.1. The van der Waals surface area contributed by atoms with Crippen molar-refractivity contribution in [1.29, 1.82) is 0 Å². The first kappa shape index (κ1) is 13.6. The number of ketones is 1. The smallest absolute Gasteiger partial charge is 0.264 e. The van der Waals surface area contributed by atoms with Gasteiger partial charge in [-0.3, -0.25) is 4.79 Å². The van der Waals surface area contributed by atoms with E-state index in [1.165, 1.54) is 23.9 Å². The monoisotopic (exact) mass is 308 g/mol. The summed E-state index contributed by atoms with van der Waals surface area (Å²) in [6, 6.07) is 4.56. The van der Waals surface area contributed by atoms with Crippen molar-refractivity contribution in [1.82, 2.24) is 0 Å². The van der Waals surface area contributed by atoms with Crippen molar-refractivity contribution < 1.29 is 13.6 Å². The van der Waals surface area contributed by atoms with Gasteiger partial charge in [0.1, 0.15) is 0 Å². The largest absolute Gasteiger partial charge is 0.294 e. The van der Waals surface area contributed by atoms with Gasteiger partial charge >= 0.3 is 0 Å². The van der Waals surface area contributed by atoms with E-state index in [4.69, 9.17) is 0 Å². The van der Waals surface area contributed by atoms with Gasteiger partial charge in [0, 0.05) is 27.8 Å². The maximum Gasteiger partial charge on any atom is 0.264 e. The van der Waals surface area contributed by atoms with E-state index in [1.54, 1.807) is 6.07 Å². The molecule has 0 atom stereocenters. The maximum atomic E-state index is 12.8. The summed E-state index contributed by atoms with van der Waals surface area (Å²) in [7, 11) is 0. The highest BCUT2D eigenvalue weighted by Crippen LogP contribution is 2.28. The average Bonchev–Trinajstić information content (AvgIpc) is 2.28. The molecule has 0 N–H and O–H groups in total. The summed E-state index contributed by atoms with van der Waals surface area (Å²) < 4.78 is 25.5. The van der Waals surface area contributed by atoms with E-state index in [0.717, 1.165) is 4.90 Å². The second-order valence-electron chi connectivity index (χ2n) is 3.12. The Morgan fingerprint density at radius 1 is 1.50 bits per heavy atom. The highest BCUT2D eigenvalue weighted by Gasteiger charge is 2.18. The number of carbonyl (C=O) groups is 1. The number of rotatable bonds is 5. The van der Waals surface area contributed by atoms with Crippen molar-refractivity contribution in [3.8, 4) is 0 Å². The SMILES string of the molecule is CSc1ccc(C(=O)CCBr)c(C(F)F)c1. The highest BCUT2D eigenvalue weighted by atomic mass is 79.9. The molecule has 0 heterocycles. The van der Waals surface area contributed by atoms with E-state index in [2.05, 4.69) is 15.9 Å². The molecule has 0 spiro atoms. The third-order valence-electron chi connectivity index (χ3n) is 2.12. The number of benzene rings is 1. The Labute approximate surface area is 106 Å². The summed E-state index contributed by atoms with van der Waals surface area (Å²) in [6.07, 6.45) is -0.565. The molecular weight excluding hydrogens is 298 g/mol. The third kappa shape index (κ3) is 3.28. The zero-order valence-electron chi connectivity index (χ0n) is 8.67. The van der Waals surface area contributed by atoms with Gasteiger partial charge in [0.05, 0.1) is 0 Å². The lowest BCUT2D eigenvalue weighted by Crippen LogP contribution is -2.05. The van der Waals surface area contributed by atoms with Crippen molar-refractivity contribution in [2.75, 3.05) is 11.6 Å². The zero-order chi connectivity index (χ0) is 12.1. The van der Waals surface area contributed by atoms with Crippen LogP contribution in [0.2, 0.25) is 0 Å². The molecule has 1 aromatic rings. The second-order valence-corrected chi connectivity index (χ2v) is 4.79. The highest BCUT2D eigenvalue weighted by molar-refractivity contribution is 9.09. The fraction of sp³-hybridized carbons (Fsp3) is 0.364. The Bertz CT molecular complexity index is 382. The van der Waals surface area contributed by atoms with Gasteiger partial charge in [0.25, 0.3) is 6.43 Å². The molecule has 88 valence electrons. The van der Waals surface area contributed by atoms with Crippen molar-refractivity contribution in [2.24, 2.45) is 0 Å². The van der Waals surface area contributed by atoms with Crippen LogP contribution in [-0.4, -0.2) is 17.4 Å². The summed E-state index contributed by atoms with van der Waals surface area (Å²) in [4.78, 5) is 12.3. The number of Topliss-reactive ketones (excluding diaryl/α,β-unsaturated/α-hetero) is 1. The molecular formula is C11H11BrF2OS. The summed E-state index contributed by atoms with van der Waals surface area (Å²) in [6.45, 7) is 0. The Morgan fingerprint density at radius 2 is 2.19 bits per heavy atom. The normalized spacial score (nSPS) is 10.8. The lowest BCUT2D eigenvalue weighted by Gasteiger charge is -2.09. The number of hydrogen-bond acceptors (Lipinski definition) is 2. The van der Waals surface area contributed by atoms with Crippen LogP contribution in [0, 0.1) is 0 Å². The fourth-order valence-electron chi connectivity index (χ4n) is 1.32. The number of carbonyl (C=O) groups excluding carboxylic acids is 1. The topological polar surface area (TPSA) is 17.1 Å². The first-order valence-electron chi connectivity index (χ1n) is 4.65. The third-order valence-corrected chi connectivity index (χ3v) is 3.24. The van der Waals surface area contributed by atoms with Gasteiger partial charge in [-0.2, -0.15) is 0 Å². The van der Waals surface area contributed by atoms with E-state index in [0.29, 0.717) is 5.33 Å². The van der Waals surface area contributed by atoms with Crippen LogP contribution in [0.1, 0.15) is 28.8 Å². The number of hydrogen-bond donors (Lipinski definition) is 0. The van der Waals surface area contributed by atoms with Crippen LogP contribution in [0.3, 0.4) is 0 Å². The molecule has 0 fully saturated rings. The van der Waals surface area contributed by atoms with Gasteiger partial charge in [0.2, 0.25) is 0 Å². The van der Waals surface area contributed by atoms with Gasteiger partial charge in [-0.25, -0.2) is 8.78 Å². The molecule has 0 saturated carbocycles. The van der Waals surface area contributed by atoms with E-state index < -0.39 is 6.43 Å². The molecule has 1 rings (SSSR count). The minimum Gasteiger partial charge on any atom is -0.294 e. The molecule has 0 saturated heterocycles. The van der Waals surface area contributed by atoms with Gasteiger partial charge < -0.3 is 0 Å². The van der Waals surface area contributed by atoms with Crippen LogP contribution in [0.4, 0.5) is 8.78 Å². The van der Waals surface area contributed by atoms with Gasteiger partial charge in [-0.1, -0.05) is 15.9 Å². The summed E-state index contributed by atoms with van der Waals surface area (Å²) in [5.74, 6) is -0.250. The molecule has 1 nitrogen and oxygen atoms in total. The summed E-state index contributed by atoms with van der Waals surface area (Å²) in [5.41, 5.74) is -0.0370. The lowest BCUT2D eigenvalue weighted by atomic mass is 10.0.